The number of halogens is 1. The molecule has 0 atom stereocenters. The predicted octanol–water partition coefficient (Wildman–Crippen LogP) is 4.20. The summed E-state index contributed by atoms with van der Waals surface area (Å²) in [5.41, 5.74) is 2.20. The third-order valence-electron chi connectivity index (χ3n) is 5.05. The van der Waals surface area contributed by atoms with Crippen molar-refractivity contribution in [2.45, 2.75) is 18.4 Å². The number of amides is 1. The molecular weight excluding hydrogens is 461 g/mol. The molecule has 0 spiro atoms. The molecule has 7 nitrogen and oxygen atoms in total. The van der Waals surface area contributed by atoms with Crippen molar-refractivity contribution >= 4 is 16.0 Å². The summed E-state index contributed by atoms with van der Waals surface area (Å²) < 4.78 is 54.3. The third-order valence-corrected chi connectivity index (χ3v) is 6.30. The number of methoxy groups -OCH3 is 2. The smallest absolute Gasteiger partial charge is 0.339 e. The van der Waals surface area contributed by atoms with Gasteiger partial charge in [0.1, 0.15) is 10.7 Å². The Kier molecular flexibility index (Phi) is 8.25. The Balaban J connectivity index is 1.88. The van der Waals surface area contributed by atoms with Gasteiger partial charge in [-0.25, -0.2) is 4.39 Å². The zero-order valence-corrected chi connectivity index (χ0v) is 20.0. The van der Waals surface area contributed by atoms with Gasteiger partial charge in [-0.05, 0) is 61.0 Å². The number of hydrogen-bond donors (Lipinski definition) is 0. The maximum absolute atomic E-state index is 13.2. The van der Waals surface area contributed by atoms with E-state index in [9.17, 15) is 17.6 Å². The van der Waals surface area contributed by atoms with E-state index in [-0.39, 0.29) is 28.8 Å². The van der Waals surface area contributed by atoms with Crippen molar-refractivity contribution in [3.63, 3.8) is 0 Å². The molecule has 0 radical (unpaired) electrons. The summed E-state index contributed by atoms with van der Waals surface area (Å²) in [6, 6.07) is 16.3. The Morgan fingerprint density at radius 2 is 1.62 bits per heavy atom. The van der Waals surface area contributed by atoms with Crippen LogP contribution in [-0.2, 0) is 21.4 Å². The Labute approximate surface area is 198 Å². The van der Waals surface area contributed by atoms with E-state index in [1.54, 1.807) is 36.3 Å². The number of hydrogen-bond acceptors (Lipinski definition) is 6. The van der Waals surface area contributed by atoms with Crippen LogP contribution >= 0.6 is 0 Å². The molecular formula is C25H26FNO6S. The van der Waals surface area contributed by atoms with Crippen molar-refractivity contribution in [1.82, 2.24) is 4.90 Å². The predicted molar refractivity (Wildman–Crippen MR) is 125 cm³/mol. The molecule has 0 saturated heterocycles. The number of carbonyl (C=O) groups is 1. The van der Waals surface area contributed by atoms with E-state index in [0.717, 1.165) is 29.8 Å². The van der Waals surface area contributed by atoms with Crippen LogP contribution in [0.1, 0.15) is 21.5 Å². The van der Waals surface area contributed by atoms with Gasteiger partial charge in [0.2, 0.25) is 0 Å². The second kappa shape index (κ2) is 11.1. The molecule has 0 heterocycles. The van der Waals surface area contributed by atoms with Crippen LogP contribution in [0.4, 0.5) is 4.39 Å². The molecule has 3 aromatic carbocycles. The van der Waals surface area contributed by atoms with E-state index < -0.39 is 15.9 Å². The summed E-state index contributed by atoms with van der Waals surface area (Å²) in [4.78, 5) is 14.5. The molecule has 0 aliphatic heterocycles. The van der Waals surface area contributed by atoms with Crippen LogP contribution in [0.2, 0.25) is 0 Å². The fraction of sp³-hybridized carbons (Fsp3) is 0.240. The van der Waals surface area contributed by atoms with Gasteiger partial charge in [0.05, 0.1) is 13.7 Å². The average Bonchev–Trinajstić information content (AvgIpc) is 2.82. The first-order chi connectivity index (χ1) is 16.2. The van der Waals surface area contributed by atoms with E-state index >= 15 is 0 Å². The summed E-state index contributed by atoms with van der Waals surface area (Å²) in [5, 5.41) is 0. The highest BCUT2D eigenvalue weighted by Gasteiger charge is 2.21. The standard InChI is InChI=1S/C25H26FNO6S/c1-18-4-7-20(8-5-18)25(28)27(14-15-31-2)17-19-6-13-23(32-3)24(16-19)33-34(29,30)22-11-9-21(26)10-12-22/h4-13,16H,14-15,17H2,1-3H3. The monoisotopic (exact) mass is 487 g/mol. The molecule has 0 N–H and O–H groups in total. The second-order valence-corrected chi connectivity index (χ2v) is 9.11. The molecule has 0 aromatic heterocycles. The summed E-state index contributed by atoms with van der Waals surface area (Å²) in [6.45, 7) is 2.79. The van der Waals surface area contributed by atoms with Crippen LogP contribution in [0.25, 0.3) is 0 Å². The van der Waals surface area contributed by atoms with Crippen LogP contribution in [0.5, 0.6) is 11.5 Å². The third kappa shape index (κ3) is 6.33. The molecule has 0 saturated carbocycles. The Hall–Kier alpha value is -3.43. The van der Waals surface area contributed by atoms with Crippen molar-refractivity contribution in [3.05, 3.63) is 89.2 Å². The van der Waals surface area contributed by atoms with Crippen molar-refractivity contribution in [2.75, 3.05) is 27.4 Å². The minimum absolute atomic E-state index is 0.0428. The highest BCUT2D eigenvalue weighted by atomic mass is 32.2. The Morgan fingerprint density at radius 1 is 0.941 bits per heavy atom. The van der Waals surface area contributed by atoms with Crippen molar-refractivity contribution in [3.8, 4) is 11.5 Å². The van der Waals surface area contributed by atoms with Crippen LogP contribution in [0.15, 0.2) is 71.6 Å². The summed E-state index contributed by atoms with van der Waals surface area (Å²) in [5.74, 6) is -0.594. The zero-order chi connectivity index (χ0) is 24.7. The lowest BCUT2D eigenvalue weighted by atomic mass is 10.1. The van der Waals surface area contributed by atoms with E-state index in [0.29, 0.717) is 24.3 Å². The highest BCUT2D eigenvalue weighted by molar-refractivity contribution is 7.87. The van der Waals surface area contributed by atoms with Crippen LogP contribution < -0.4 is 8.92 Å². The molecule has 0 unspecified atom stereocenters. The Bertz CT molecular complexity index is 1230. The molecule has 9 heteroatoms. The fourth-order valence-electron chi connectivity index (χ4n) is 3.21. The molecule has 3 aromatic rings. The van der Waals surface area contributed by atoms with Crippen molar-refractivity contribution < 1.29 is 31.3 Å². The van der Waals surface area contributed by atoms with Gasteiger partial charge in [-0.1, -0.05) is 23.8 Å². The van der Waals surface area contributed by atoms with Gasteiger partial charge in [-0.3, -0.25) is 4.79 Å². The fourth-order valence-corrected chi connectivity index (χ4v) is 4.14. The summed E-state index contributed by atoms with van der Waals surface area (Å²) in [7, 11) is -1.30. The molecule has 0 aliphatic rings. The molecule has 0 aliphatic carbocycles. The summed E-state index contributed by atoms with van der Waals surface area (Å²) >= 11 is 0. The van der Waals surface area contributed by atoms with Gasteiger partial charge in [0.25, 0.3) is 5.91 Å². The van der Waals surface area contributed by atoms with E-state index in [1.165, 1.54) is 13.2 Å². The zero-order valence-electron chi connectivity index (χ0n) is 19.2. The minimum Gasteiger partial charge on any atom is -0.493 e. The lowest BCUT2D eigenvalue weighted by Gasteiger charge is -2.23. The lowest BCUT2D eigenvalue weighted by Crippen LogP contribution is -2.33. The first kappa shape index (κ1) is 25.2. The van der Waals surface area contributed by atoms with Gasteiger partial charge in [0, 0.05) is 25.8 Å². The van der Waals surface area contributed by atoms with Crippen LogP contribution in [0, 0.1) is 12.7 Å². The SMILES string of the molecule is COCCN(Cc1ccc(OC)c(OS(=O)(=O)c2ccc(F)cc2)c1)C(=O)c1ccc(C)cc1. The number of ether oxygens (including phenoxy) is 2. The maximum Gasteiger partial charge on any atom is 0.339 e. The van der Waals surface area contributed by atoms with E-state index in [1.807, 2.05) is 19.1 Å². The number of rotatable bonds is 10. The number of benzene rings is 3. The van der Waals surface area contributed by atoms with Gasteiger partial charge in [0.15, 0.2) is 11.5 Å². The molecule has 3 rings (SSSR count). The maximum atomic E-state index is 13.2. The largest absolute Gasteiger partial charge is 0.493 e. The molecule has 0 fully saturated rings. The normalized spacial score (nSPS) is 11.2. The van der Waals surface area contributed by atoms with Crippen molar-refractivity contribution in [1.29, 1.82) is 0 Å². The van der Waals surface area contributed by atoms with E-state index in [4.69, 9.17) is 13.7 Å². The van der Waals surface area contributed by atoms with Gasteiger partial charge < -0.3 is 18.6 Å². The highest BCUT2D eigenvalue weighted by Crippen LogP contribution is 2.31. The summed E-state index contributed by atoms with van der Waals surface area (Å²) in [6.07, 6.45) is 0. The number of nitrogens with zero attached hydrogens (tertiary/aromatic N) is 1. The molecule has 180 valence electrons. The number of carbonyl (C=O) groups excluding carboxylic acids is 1. The molecule has 1 amide bonds. The average molecular weight is 488 g/mol. The lowest BCUT2D eigenvalue weighted by molar-refractivity contribution is 0.0680. The first-order valence-corrected chi connectivity index (χ1v) is 11.9. The quantitative estimate of drug-likeness (QED) is 0.399. The minimum atomic E-state index is -4.23. The Morgan fingerprint density at radius 3 is 2.24 bits per heavy atom. The number of aryl methyl sites for hydroxylation is 1. The van der Waals surface area contributed by atoms with Crippen LogP contribution in [-0.4, -0.2) is 46.6 Å². The van der Waals surface area contributed by atoms with Gasteiger partial charge >= 0.3 is 10.1 Å². The topological polar surface area (TPSA) is 82.1 Å². The molecule has 34 heavy (non-hydrogen) atoms. The van der Waals surface area contributed by atoms with Gasteiger partial charge in [-0.15, -0.1) is 0 Å². The first-order valence-electron chi connectivity index (χ1n) is 10.5. The molecule has 0 bridgehead atoms. The van der Waals surface area contributed by atoms with Crippen LogP contribution in [0.3, 0.4) is 0 Å². The van der Waals surface area contributed by atoms with E-state index in [2.05, 4.69) is 0 Å². The second-order valence-electron chi connectivity index (χ2n) is 7.56. The van der Waals surface area contributed by atoms with Gasteiger partial charge in [-0.2, -0.15) is 8.42 Å². The van der Waals surface area contributed by atoms with Crippen molar-refractivity contribution in [2.24, 2.45) is 0 Å².